The fraction of sp³-hybridized carbons (Fsp3) is 0.476. The molecule has 162 valence electrons. The van der Waals surface area contributed by atoms with Crippen LogP contribution < -0.4 is 9.47 Å². The first-order valence-electron chi connectivity index (χ1n) is 9.98. The summed E-state index contributed by atoms with van der Waals surface area (Å²) >= 11 is 7.08. The normalized spacial score (nSPS) is 18.7. The minimum atomic E-state index is -0.474. The number of nitrogens with zero attached hydrogens (tertiary/aromatic N) is 2. The van der Waals surface area contributed by atoms with E-state index in [1.807, 2.05) is 6.92 Å². The molecule has 0 spiro atoms. The second kappa shape index (κ2) is 10.2. The molecule has 7 nitrogen and oxygen atoms in total. The number of amides is 3. The van der Waals surface area contributed by atoms with Gasteiger partial charge in [-0.25, -0.2) is 0 Å². The molecular formula is C21H25ClN2O5S. The molecule has 0 atom stereocenters. The number of halogens is 1. The Morgan fingerprint density at radius 1 is 1.20 bits per heavy atom. The van der Waals surface area contributed by atoms with Gasteiger partial charge in [-0.2, -0.15) is 0 Å². The van der Waals surface area contributed by atoms with Gasteiger partial charge in [0.2, 0.25) is 5.91 Å². The van der Waals surface area contributed by atoms with Crippen LogP contribution in [0, 0.1) is 0 Å². The Balaban J connectivity index is 1.77. The summed E-state index contributed by atoms with van der Waals surface area (Å²) in [6.45, 7) is 3.39. The van der Waals surface area contributed by atoms with Gasteiger partial charge < -0.3 is 14.4 Å². The molecule has 1 aromatic carbocycles. The van der Waals surface area contributed by atoms with E-state index in [-0.39, 0.29) is 17.4 Å². The summed E-state index contributed by atoms with van der Waals surface area (Å²) in [6, 6.07) is 3.34. The van der Waals surface area contributed by atoms with Crippen molar-refractivity contribution in [1.29, 1.82) is 0 Å². The molecular weight excluding hydrogens is 428 g/mol. The van der Waals surface area contributed by atoms with Gasteiger partial charge in [-0.1, -0.05) is 24.4 Å². The summed E-state index contributed by atoms with van der Waals surface area (Å²) in [5, 5.41) is -0.107. The van der Waals surface area contributed by atoms with E-state index in [2.05, 4.69) is 0 Å². The van der Waals surface area contributed by atoms with Crippen LogP contribution in [0.25, 0.3) is 6.08 Å². The molecule has 3 rings (SSSR count). The molecule has 2 saturated heterocycles. The van der Waals surface area contributed by atoms with Crippen molar-refractivity contribution >= 4 is 46.5 Å². The van der Waals surface area contributed by atoms with E-state index in [0.29, 0.717) is 41.8 Å². The molecule has 2 aliphatic rings. The third-order valence-electron chi connectivity index (χ3n) is 4.96. The van der Waals surface area contributed by atoms with E-state index in [0.717, 1.165) is 42.3 Å². The highest BCUT2D eigenvalue weighted by atomic mass is 35.5. The fourth-order valence-electron chi connectivity index (χ4n) is 3.48. The third-order valence-corrected chi connectivity index (χ3v) is 6.15. The molecule has 3 amide bonds. The van der Waals surface area contributed by atoms with Gasteiger partial charge in [0.1, 0.15) is 6.54 Å². The highest BCUT2D eigenvalue weighted by molar-refractivity contribution is 8.18. The zero-order chi connectivity index (χ0) is 21.7. The summed E-state index contributed by atoms with van der Waals surface area (Å²) < 4.78 is 10.8. The van der Waals surface area contributed by atoms with Gasteiger partial charge in [0.05, 0.1) is 23.6 Å². The van der Waals surface area contributed by atoms with E-state index >= 15 is 0 Å². The second-order valence-electron chi connectivity index (χ2n) is 7.03. The number of methoxy groups -OCH3 is 1. The predicted octanol–water partition coefficient (Wildman–Crippen LogP) is 4.19. The lowest BCUT2D eigenvalue weighted by Gasteiger charge is -2.22. The maximum Gasteiger partial charge on any atom is 0.294 e. The summed E-state index contributed by atoms with van der Waals surface area (Å²) in [6.07, 6.45) is 5.68. The van der Waals surface area contributed by atoms with E-state index < -0.39 is 11.1 Å². The van der Waals surface area contributed by atoms with Crippen LogP contribution in [0.5, 0.6) is 11.5 Å². The first kappa shape index (κ1) is 22.5. The van der Waals surface area contributed by atoms with Crippen molar-refractivity contribution in [1.82, 2.24) is 9.80 Å². The van der Waals surface area contributed by atoms with Crippen molar-refractivity contribution in [3.63, 3.8) is 0 Å². The molecule has 30 heavy (non-hydrogen) atoms. The Bertz CT molecular complexity index is 865. The lowest BCUT2D eigenvalue weighted by Crippen LogP contribution is -2.42. The van der Waals surface area contributed by atoms with Gasteiger partial charge in [-0.15, -0.1) is 0 Å². The molecule has 0 radical (unpaired) electrons. The third kappa shape index (κ3) is 5.10. The van der Waals surface area contributed by atoms with Gasteiger partial charge >= 0.3 is 0 Å². The van der Waals surface area contributed by atoms with E-state index in [1.165, 1.54) is 7.11 Å². The minimum absolute atomic E-state index is 0.188. The van der Waals surface area contributed by atoms with Crippen LogP contribution in [0.15, 0.2) is 17.0 Å². The van der Waals surface area contributed by atoms with Gasteiger partial charge in [0, 0.05) is 13.1 Å². The topological polar surface area (TPSA) is 76.2 Å². The number of likely N-dealkylation sites (tertiary alicyclic amines) is 1. The van der Waals surface area contributed by atoms with Crippen molar-refractivity contribution < 1.29 is 23.9 Å². The van der Waals surface area contributed by atoms with Crippen LogP contribution >= 0.6 is 23.4 Å². The summed E-state index contributed by atoms with van der Waals surface area (Å²) in [5.74, 6) is 0.200. The Kier molecular flexibility index (Phi) is 7.66. The van der Waals surface area contributed by atoms with Gasteiger partial charge in [0.25, 0.3) is 11.1 Å². The number of imide groups is 1. The smallest absolute Gasteiger partial charge is 0.294 e. The Morgan fingerprint density at radius 3 is 2.53 bits per heavy atom. The molecule has 2 aliphatic heterocycles. The number of rotatable bonds is 6. The van der Waals surface area contributed by atoms with E-state index in [9.17, 15) is 14.4 Å². The van der Waals surface area contributed by atoms with Crippen molar-refractivity contribution in [2.24, 2.45) is 0 Å². The molecule has 0 saturated carbocycles. The van der Waals surface area contributed by atoms with Crippen LogP contribution in [0.3, 0.4) is 0 Å². The highest BCUT2D eigenvalue weighted by Crippen LogP contribution is 2.38. The van der Waals surface area contributed by atoms with Crippen molar-refractivity contribution in [2.45, 2.75) is 32.6 Å². The van der Waals surface area contributed by atoms with E-state index in [4.69, 9.17) is 21.1 Å². The van der Waals surface area contributed by atoms with Crippen LogP contribution in [0.2, 0.25) is 5.02 Å². The molecule has 2 fully saturated rings. The summed E-state index contributed by atoms with van der Waals surface area (Å²) in [5.41, 5.74) is 0.605. The zero-order valence-electron chi connectivity index (χ0n) is 17.1. The first-order chi connectivity index (χ1) is 14.4. The van der Waals surface area contributed by atoms with Gasteiger partial charge in [-0.3, -0.25) is 19.3 Å². The average molecular weight is 453 g/mol. The van der Waals surface area contributed by atoms with Crippen molar-refractivity contribution in [3.8, 4) is 11.5 Å². The molecule has 1 aromatic rings. The molecule has 0 aromatic heterocycles. The van der Waals surface area contributed by atoms with Gasteiger partial charge in [0.15, 0.2) is 11.5 Å². The zero-order valence-corrected chi connectivity index (χ0v) is 18.7. The molecule has 0 bridgehead atoms. The lowest BCUT2D eigenvalue weighted by molar-refractivity contribution is -0.135. The number of ether oxygens (including phenoxy) is 2. The van der Waals surface area contributed by atoms with E-state index in [1.54, 1.807) is 23.1 Å². The number of carbonyl (C=O) groups is 3. The molecule has 2 heterocycles. The number of thioether (sulfide) groups is 1. The molecule has 0 aliphatic carbocycles. The van der Waals surface area contributed by atoms with Crippen LogP contribution in [-0.2, 0) is 9.59 Å². The van der Waals surface area contributed by atoms with Crippen molar-refractivity contribution in [3.05, 3.63) is 27.6 Å². The minimum Gasteiger partial charge on any atom is -0.491 e. The first-order valence-corrected chi connectivity index (χ1v) is 11.2. The fourth-order valence-corrected chi connectivity index (χ4v) is 4.61. The Labute approximate surface area is 185 Å². The summed E-state index contributed by atoms with van der Waals surface area (Å²) in [4.78, 5) is 40.8. The predicted molar refractivity (Wildman–Crippen MR) is 117 cm³/mol. The average Bonchev–Trinajstić information content (AvgIpc) is 2.91. The highest BCUT2D eigenvalue weighted by Gasteiger charge is 2.37. The molecule has 9 heteroatoms. The van der Waals surface area contributed by atoms with Crippen LogP contribution in [0.1, 0.15) is 38.2 Å². The van der Waals surface area contributed by atoms with Crippen molar-refractivity contribution in [2.75, 3.05) is 33.4 Å². The number of hydrogen-bond donors (Lipinski definition) is 0. The standard InChI is InChI=1S/C21H25ClN2O5S/c1-3-29-16-11-14(10-15(22)19(16)28-2)12-17-20(26)24(21(27)30-17)13-18(25)23-8-6-4-5-7-9-23/h10-12H,3-9,13H2,1-2H3. The second-order valence-corrected chi connectivity index (χ2v) is 8.43. The Morgan fingerprint density at radius 2 is 1.90 bits per heavy atom. The summed E-state index contributed by atoms with van der Waals surface area (Å²) in [7, 11) is 1.50. The van der Waals surface area contributed by atoms with Gasteiger partial charge in [-0.05, 0) is 55.3 Å². The number of carbonyl (C=O) groups excluding carboxylic acids is 3. The molecule has 0 N–H and O–H groups in total. The molecule has 0 unspecified atom stereocenters. The lowest BCUT2D eigenvalue weighted by atomic mass is 10.1. The van der Waals surface area contributed by atoms with Crippen LogP contribution in [0.4, 0.5) is 4.79 Å². The quantitative estimate of drug-likeness (QED) is 0.602. The monoisotopic (exact) mass is 452 g/mol. The SMILES string of the molecule is CCOc1cc(C=C2SC(=O)N(CC(=O)N3CCCCCC3)C2=O)cc(Cl)c1OC. The largest absolute Gasteiger partial charge is 0.491 e. The Hall–Kier alpha value is -2.19. The number of benzene rings is 1. The maximum absolute atomic E-state index is 12.8. The van der Waals surface area contributed by atoms with Crippen LogP contribution in [-0.4, -0.2) is 60.2 Å². The maximum atomic E-state index is 12.8. The number of hydrogen-bond acceptors (Lipinski definition) is 6.